The summed E-state index contributed by atoms with van der Waals surface area (Å²) in [6.07, 6.45) is 2.66. The minimum Gasteiger partial charge on any atom is -0.322 e. The van der Waals surface area contributed by atoms with Gasteiger partial charge in [0.2, 0.25) is 5.91 Å². The summed E-state index contributed by atoms with van der Waals surface area (Å²) < 4.78 is 0. The Morgan fingerprint density at radius 2 is 2.00 bits per heavy atom. The topological polar surface area (TPSA) is 72.2 Å². The Balaban J connectivity index is 2.15. The SMILES string of the molecule is Cc1ccc(Cl)cc1NC(=O)/C=C/c1ccccc1[N+](=O)[O-]. The van der Waals surface area contributed by atoms with E-state index in [1.54, 1.807) is 36.4 Å². The van der Waals surface area contributed by atoms with E-state index >= 15 is 0 Å². The van der Waals surface area contributed by atoms with Crippen molar-refractivity contribution in [2.75, 3.05) is 5.32 Å². The van der Waals surface area contributed by atoms with Crippen molar-refractivity contribution in [3.05, 3.63) is 74.8 Å². The monoisotopic (exact) mass is 316 g/mol. The van der Waals surface area contributed by atoms with Gasteiger partial charge in [-0.2, -0.15) is 0 Å². The van der Waals surface area contributed by atoms with Crippen molar-refractivity contribution < 1.29 is 9.72 Å². The molecule has 0 saturated carbocycles. The van der Waals surface area contributed by atoms with Gasteiger partial charge in [-0.1, -0.05) is 29.8 Å². The van der Waals surface area contributed by atoms with Crippen LogP contribution in [0.25, 0.3) is 6.08 Å². The van der Waals surface area contributed by atoms with Gasteiger partial charge in [-0.3, -0.25) is 14.9 Å². The van der Waals surface area contributed by atoms with Gasteiger partial charge in [0.25, 0.3) is 5.69 Å². The number of amides is 1. The molecule has 2 aromatic rings. The van der Waals surface area contributed by atoms with Crippen molar-refractivity contribution in [3.63, 3.8) is 0 Å². The number of para-hydroxylation sites is 1. The van der Waals surface area contributed by atoms with Crippen molar-refractivity contribution >= 4 is 35.0 Å². The molecule has 6 heteroatoms. The number of hydrogen-bond acceptors (Lipinski definition) is 3. The van der Waals surface area contributed by atoms with Crippen molar-refractivity contribution in [2.45, 2.75) is 6.92 Å². The molecule has 0 aliphatic rings. The minimum absolute atomic E-state index is 0.0505. The maximum atomic E-state index is 11.9. The molecule has 0 atom stereocenters. The fourth-order valence-electron chi connectivity index (χ4n) is 1.86. The molecule has 0 heterocycles. The van der Waals surface area contributed by atoms with Gasteiger partial charge in [-0.25, -0.2) is 0 Å². The first-order chi connectivity index (χ1) is 10.5. The number of benzene rings is 2. The minimum atomic E-state index is -0.487. The lowest BCUT2D eigenvalue weighted by Crippen LogP contribution is -2.08. The van der Waals surface area contributed by atoms with Crippen molar-refractivity contribution in [1.29, 1.82) is 0 Å². The highest BCUT2D eigenvalue weighted by Crippen LogP contribution is 2.21. The summed E-state index contributed by atoms with van der Waals surface area (Å²) in [5, 5.41) is 14.1. The van der Waals surface area contributed by atoms with Gasteiger partial charge in [-0.15, -0.1) is 0 Å². The predicted octanol–water partition coefficient (Wildman–Crippen LogP) is 4.21. The molecule has 5 nitrogen and oxygen atoms in total. The van der Waals surface area contributed by atoms with Crippen molar-refractivity contribution in [3.8, 4) is 0 Å². The van der Waals surface area contributed by atoms with Crippen LogP contribution in [0.2, 0.25) is 5.02 Å². The molecule has 1 N–H and O–H groups in total. The summed E-state index contributed by atoms with van der Waals surface area (Å²) in [7, 11) is 0. The third-order valence-electron chi connectivity index (χ3n) is 3.01. The number of rotatable bonds is 4. The van der Waals surface area contributed by atoms with Crippen LogP contribution < -0.4 is 5.32 Å². The van der Waals surface area contributed by atoms with Crippen LogP contribution in [0.1, 0.15) is 11.1 Å². The largest absolute Gasteiger partial charge is 0.322 e. The van der Waals surface area contributed by atoms with E-state index in [4.69, 9.17) is 11.6 Å². The molecule has 1 amide bonds. The first kappa shape index (κ1) is 15.7. The lowest BCUT2D eigenvalue weighted by molar-refractivity contribution is -0.385. The average Bonchev–Trinajstić information content (AvgIpc) is 2.49. The van der Waals surface area contributed by atoms with Gasteiger partial charge < -0.3 is 5.32 Å². The van der Waals surface area contributed by atoms with Gasteiger partial charge in [0.1, 0.15) is 0 Å². The van der Waals surface area contributed by atoms with Crippen LogP contribution in [0.3, 0.4) is 0 Å². The van der Waals surface area contributed by atoms with E-state index in [0.717, 1.165) is 5.56 Å². The Labute approximate surface area is 132 Å². The van der Waals surface area contributed by atoms with E-state index in [9.17, 15) is 14.9 Å². The first-order valence-corrected chi connectivity index (χ1v) is 6.84. The number of nitrogens with one attached hydrogen (secondary N) is 1. The summed E-state index contributed by atoms with van der Waals surface area (Å²) in [4.78, 5) is 22.3. The van der Waals surface area contributed by atoms with E-state index in [1.807, 2.05) is 6.92 Å². The van der Waals surface area contributed by atoms with Crippen molar-refractivity contribution in [1.82, 2.24) is 0 Å². The molecule has 2 rings (SSSR count). The van der Waals surface area contributed by atoms with Gasteiger partial charge in [0, 0.05) is 22.9 Å². The standard InChI is InChI=1S/C16H13ClN2O3/c1-11-6-8-13(17)10-14(11)18-16(20)9-7-12-4-2-3-5-15(12)19(21)22/h2-10H,1H3,(H,18,20)/b9-7+. The number of nitrogens with zero attached hydrogens (tertiary/aromatic N) is 1. The molecule has 0 bridgehead atoms. The highest BCUT2D eigenvalue weighted by Gasteiger charge is 2.10. The molecule has 22 heavy (non-hydrogen) atoms. The Kier molecular flexibility index (Phi) is 4.91. The Morgan fingerprint density at radius 3 is 2.73 bits per heavy atom. The third-order valence-corrected chi connectivity index (χ3v) is 3.24. The van der Waals surface area contributed by atoms with E-state index in [0.29, 0.717) is 16.3 Å². The van der Waals surface area contributed by atoms with E-state index in [2.05, 4.69) is 5.32 Å². The third kappa shape index (κ3) is 3.93. The van der Waals surface area contributed by atoms with Crippen LogP contribution in [-0.2, 0) is 4.79 Å². The molecule has 0 aliphatic heterocycles. The molecule has 0 aromatic heterocycles. The maximum absolute atomic E-state index is 11.9. The zero-order valence-corrected chi connectivity index (χ0v) is 12.5. The second-order valence-corrected chi connectivity index (χ2v) is 5.03. The molecular formula is C16H13ClN2O3. The van der Waals surface area contributed by atoms with Crippen LogP contribution in [0, 0.1) is 17.0 Å². The van der Waals surface area contributed by atoms with Gasteiger partial charge in [0.15, 0.2) is 0 Å². The fourth-order valence-corrected chi connectivity index (χ4v) is 2.04. The summed E-state index contributed by atoms with van der Waals surface area (Å²) >= 11 is 5.88. The number of halogens is 1. The van der Waals surface area contributed by atoms with Crippen molar-refractivity contribution in [2.24, 2.45) is 0 Å². The van der Waals surface area contributed by atoms with Crippen LogP contribution in [0.4, 0.5) is 11.4 Å². The van der Waals surface area contributed by atoms with E-state index < -0.39 is 4.92 Å². The second-order valence-electron chi connectivity index (χ2n) is 4.60. The number of carbonyl (C=O) groups excluding carboxylic acids is 1. The molecular weight excluding hydrogens is 304 g/mol. The zero-order valence-electron chi connectivity index (χ0n) is 11.7. The van der Waals surface area contributed by atoms with Gasteiger partial charge >= 0.3 is 0 Å². The van der Waals surface area contributed by atoms with Gasteiger partial charge in [0.05, 0.1) is 10.5 Å². The highest BCUT2D eigenvalue weighted by molar-refractivity contribution is 6.31. The Bertz CT molecular complexity index is 757. The van der Waals surface area contributed by atoms with Crippen LogP contribution in [0.5, 0.6) is 0 Å². The maximum Gasteiger partial charge on any atom is 0.276 e. The first-order valence-electron chi connectivity index (χ1n) is 6.46. The number of carbonyl (C=O) groups is 1. The number of nitro groups is 1. The Morgan fingerprint density at radius 1 is 1.27 bits per heavy atom. The van der Waals surface area contributed by atoms with Crippen LogP contribution >= 0.6 is 11.6 Å². The number of aryl methyl sites for hydroxylation is 1. The highest BCUT2D eigenvalue weighted by atomic mass is 35.5. The smallest absolute Gasteiger partial charge is 0.276 e. The number of anilines is 1. The molecule has 0 fully saturated rings. The second kappa shape index (κ2) is 6.87. The summed E-state index contributed by atoms with van der Waals surface area (Å²) in [5.74, 6) is -0.386. The van der Waals surface area contributed by atoms with E-state index in [1.165, 1.54) is 18.2 Å². The lowest BCUT2D eigenvalue weighted by Gasteiger charge is -2.06. The summed E-state index contributed by atoms with van der Waals surface area (Å²) in [6.45, 7) is 1.84. The van der Waals surface area contributed by atoms with Crippen LogP contribution in [0.15, 0.2) is 48.5 Å². The molecule has 0 radical (unpaired) electrons. The Hall–Kier alpha value is -2.66. The normalized spacial score (nSPS) is 10.6. The quantitative estimate of drug-likeness (QED) is 0.521. The number of hydrogen-bond donors (Lipinski definition) is 1. The number of nitro benzene ring substituents is 1. The van der Waals surface area contributed by atoms with E-state index in [-0.39, 0.29) is 11.6 Å². The zero-order chi connectivity index (χ0) is 16.1. The molecule has 0 unspecified atom stereocenters. The molecule has 112 valence electrons. The summed E-state index contributed by atoms with van der Waals surface area (Å²) in [5.41, 5.74) is 1.79. The average molecular weight is 317 g/mol. The van der Waals surface area contributed by atoms with Crippen LogP contribution in [-0.4, -0.2) is 10.8 Å². The molecule has 0 aliphatic carbocycles. The summed E-state index contributed by atoms with van der Waals surface area (Å²) in [6, 6.07) is 11.4. The molecule has 2 aromatic carbocycles. The molecule has 0 spiro atoms. The predicted molar refractivity (Wildman–Crippen MR) is 86.9 cm³/mol. The van der Waals surface area contributed by atoms with Gasteiger partial charge in [-0.05, 0) is 36.8 Å². The molecule has 0 saturated heterocycles. The lowest BCUT2D eigenvalue weighted by atomic mass is 10.1. The fraction of sp³-hybridized carbons (Fsp3) is 0.0625.